The van der Waals surface area contributed by atoms with Gasteiger partial charge in [0.25, 0.3) is 5.91 Å². The molecule has 7 heteroatoms. The average molecular weight is 382 g/mol. The molecule has 2 unspecified atom stereocenters. The van der Waals surface area contributed by atoms with E-state index >= 15 is 0 Å². The number of hydrogen-bond acceptors (Lipinski definition) is 3. The molecule has 1 amide bonds. The Bertz CT molecular complexity index is 498. The predicted molar refractivity (Wildman–Crippen MR) is 85.5 cm³/mol. The van der Waals surface area contributed by atoms with Crippen molar-refractivity contribution in [3.8, 4) is 5.75 Å². The van der Waals surface area contributed by atoms with Gasteiger partial charge in [-0.2, -0.15) is 0 Å². The molecule has 0 aromatic heterocycles. The van der Waals surface area contributed by atoms with E-state index < -0.39 is 6.10 Å². The van der Waals surface area contributed by atoms with Crippen LogP contribution in [0.25, 0.3) is 0 Å². The molecule has 2 atom stereocenters. The summed E-state index contributed by atoms with van der Waals surface area (Å²) in [5.41, 5.74) is 0. The summed E-state index contributed by atoms with van der Waals surface area (Å²) in [6, 6.07) is 4.35. The fourth-order valence-electron chi connectivity index (χ4n) is 2.25. The van der Waals surface area contributed by atoms with Crippen LogP contribution in [0.5, 0.6) is 5.75 Å². The van der Waals surface area contributed by atoms with Gasteiger partial charge in [0.05, 0.1) is 4.47 Å². The van der Waals surface area contributed by atoms with Crippen molar-refractivity contribution in [3.63, 3.8) is 0 Å². The number of ether oxygens (including phenoxy) is 1. The minimum Gasteiger partial charge on any atom is -0.480 e. The van der Waals surface area contributed by atoms with Gasteiger partial charge in [-0.15, -0.1) is 12.4 Å². The van der Waals surface area contributed by atoms with Gasteiger partial charge in [-0.1, -0.05) is 0 Å². The molecule has 1 aromatic rings. The van der Waals surface area contributed by atoms with Gasteiger partial charge in [-0.25, -0.2) is 4.39 Å². The molecule has 0 aliphatic carbocycles. The van der Waals surface area contributed by atoms with Crippen molar-refractivity contribution in [2.75, 3.05) is 20.1 Å². The third kappa shape index (κ3) is 4.56. The van der Waals surface area contributed by atoms with Gasteiger partial charge in [0.1, 0.15) is 11.6 Å². The smallest absolute Gasteiger partial charge is 0.263 e. The number of likely N-dealkylation sites (N-methyl/N-ethyl adjacent to an activating group) is 1. The highest BCUT2D eigenvalue weighted by molar-refractivity contribution is 9.10. The van der Waals surface area contributed by atoms with Crippen molar-refractivity contribution in [1.82, 2.24) is 10.2 Å². The van der Waals surface area contributed by atoms with Crippen LogP contribution in [0.15, 0.2) is 22.7 Å². The molecule has 1 aliphatic rings. The van der Waals surface area contributed by atoms with Crippen molar-refractivity contribution in [2.45, 2.75) is 25.5 Å². The van der Waals surface area contributed by atoms with Gasteiger partial charge in [0.15, 0.2) is 6.10 Å². The lowest BCUT2D eigenvalue weighted by Crippen LogP contribution is -2.44. The highest BCUT2D eigenvalue weighted by Gasteiger charge is 2.27. The Balaban J connectivity index is 0.00000220. The Hall–Kier alpha value is -0.850. The number of benzene rings is 1. The second-order valence-electron chi connectivity index (χ2n) is 4.93. The summed E-state index contributed by atoms with van der Waals surface area (Å²) in [5.74, 6) is 0.0393. The summed E-state index contributed by atoms with van der Waals surface area (Å²) < 4.78 is 19.1. The van der Waals surface area contributed by atoms with Gasteiger partial charge < -0.3 is 15.0 Å². The molecule has 4 nitrogen and oxygen atoms in total. The van der Waals surface area contributed by atoms with Gasteiger partial charge in [0, 0.05) is 19.6 Å². The van der Waals surface area contributed by atoms with Crippen LogP contribution in [-0.4, -0.2) is 43.1 Å². The number of halogens is 3. The molecule has 21 heavy (non-hydrogen) atoms. The standard InChI is InChI=1S/C14H18BrFN2O2.ClH/c1-9(14(19)18(2)11-5-6-17-8-11)20-13-4-3-10(16)7-12(13)15;/h3-4,7,9,11,17H,5-6,8H2,1-2H3;1H. The SMILES string of the molecule is CC(Oc1ccc(F)cc1Br)C(=O)N(C)C1CCNC1.Cl. The molecular formula is C14H19BrClFN2O2. The van der Waals surface area contributed by atoms with E-state index in [1.807, 2.05) is 0 Å². The maximum Gasteiger partial charge on any atom is 0.263 e. The molecule has 0 spiro atoms. The lowest BCUT2D eigenvalue weighted by molar-refractivity contribution is -0.138. The average Bonchev–Trinajstić information content (AvgIpc) is 2.94. The Morgan fingerprint density at radius 2 is 2.29 bits per heavy atom. The second-order valence-corrected chi connectivity index (χ2v) is 5.78. The molecule has 1 saturated heterocycles. The number of hydrogen-bond donors (Lipinski definition) is 1. The molecular weight excluding hydrogens is 363 g/mol. The van der Waals surface area contributed by atoms with Crippen LogP contribution in [0.3, 0.4) is 0 Å². The van der Waals surface area contributed by atoms with Gasteiger partial charge >= 0.3 is 0 Å². The van der Waals surface area contributed by atoms with Gasteiger partial charge in [0.2, 0.25) is 0 Å². The maximum absolute atomic E-state index is 13.0. The summed E-state index contributed by atoms with van der Waals surface area (Å²) in [6.45, 7) is 3.45. The first-order chi connectivity index (χ1) is 9.49. The number of carbonyl (C=O) groups excluding carboxylic acids is 1. The van der Waals surface area contributed by atoms with Crippen LogP contribution < -0.4 is 10.1 Å². The van der Waals surface area contributed by atoms with Crippen molar-refractivity contribution >= 4 is 34.2 Å². The lowest BCUT2D eigenvalue weighted by Gasteiger charge is -2.27. The largest absolute Gasteiger partial charge is 0.480 e. The Morgan fingerprint density at radius 3 is 2.86 bits per heavy atom. The Labute approximate surface area is 138 Å². The first kappa shape index (κ1) is 18.2. The quantitative estimate of drug-likeness (QED) is 0.872. The van der Waals surface area contributed by atoms with E-state index in [0.29, 0.717) is 10.2 Å². The summed E-state index contributed by atoms with van der Waals surface area (Å²) in [4.78, 5) is 14.0. The lowest BCUT2D eigenvalue weighted by atomic mass is 10.2. The fourth-order valence-corrected chi connectivity index (χ4v) is 2.69. The molecule has 118 valence electrons. The monoisotopic (exact) mass is 380 g/mol. The predicted octanol–water partition coefficient (Wildman–Crippen LogP) is 2.60. The highest BCUT2D eigenvalue weighted by atomic mass is 79.9. The van der Waals surface area contributed by atoms with E-state index in [2.05, 4.69) is 21.2 Å². The minimum absolute atomic E-state index is 0. The molecule has 1 aromatic carbocycles. The van der Waals surface area contributed by atoms with Crippen molar-refractivity contribution in [3.05, 3.63) is 28.5 Å². The van der Waals surface area contributed by atoms with Crippen LogP contribution in [0, 0.1) is 5.82 Å². The van der Waals surface area contributed by atoms with Gasteiger partial charge in [-0.3, -0.25) is 4.79 Å². The third-order valence-electron chi connectivity index (χ3n) is 3.48. The van der Waals surface area contributed by atoms with Crippen molar-refractivity contribution < 1.29 is 13.9 Å². The first-order valence-electron chi connectivity index (χ1n) is 6.58. The summed E-state index contributed by atoms with van der Waals surface area (Å²) in [5, 5.41) is 3.23. The van der Waals surface area contributed by atoms with Crippen LogP contribution >= 0.6 is 28.3 Å². The van der Waals surface area contributed by atoms with E-state index in [0.717, 1.165) is 19.5 Å². The maximum atomic E-state index is 13.0. The number of amides is 1. The van der Waals surface area contributed by atoms with E-state index in [1.165, 1.54) is 18.2 Å². The third-order valence-corrected chi connectivity index (χ3v) is 4.09. The van der Waals surface area contributed by atoms with Crippen molar-refractivity contribution in [1.29, 1.82) is 0 Å². The van der Waals surface area contributed by atoms with E-state index in [-0.39, 0.29) is 30.2 Å². The van der Waals surface area contributed by atoms with Crippen LogP contribution in [0.4, 0.5) is 4.39 Å². The Kier molecular flexibility index (Phi) is 6.90. The number of carbonyl (C=O) groups is 1. The first-order valence-corrected chi connectivity index (χ1v) is 7.37. The zero-order valence-electron chi connectivity index (χ0n) is 11.9. The highest BCUT2D eigenvalue weighted by Crippen LogP contribution is 2.26. The minimum atomic E-state index is -0.609. The molecule has 0 bridgehead atoms. The normalized spacial score (nSPS) is 18.8. The van der Waals surface area contributed by atoms with E-state index in [4.69, 9.17) is 4.74 Å². The van der Waals surface area contributed by atoms with Crippen LogP contribution in [0.2, 0.25) is 0 Å². The second kappa shape index (κ2) is 7.96. The van der Waals surface area contributed by atoms with Gasteiger partial charge in [-0.05, 0) is 54.0 Å². The molecule has 1 aliphatic heterocycles. The zero-order valence-corrected chi connectivity index (χ0v) is 14.3. The zero-order chi connectivity index (χ0) is 14.7. The molecule has 0 radical (unpaired) electrons. The molecule has 2 rings (SSSR count). The fraction of sp³-hybridized carbons (Fsp3) is 0.500. The molecule has 0 saturated carbocycles. The van der Waals surface area contributed by atoms with E-state index in [1.54, 1.807) is 18.9 Å². The summed E-state index contributed by atoms with van der Waals surface area (Å²) in [7, 11) is 1.79. The topological polar surface area (TPSA) is 41.6 Å². The van der Waals surface area contributed by atoms with Crippen molar-refractivity contribution in [2.24, 2.45) is 0 Å². The molecule has 1 N–H and O–H groups in total. The summed E-state index contributed by atoms with van der Waals surface area (Å²) >= 11 is 3.23. The molecule has 1 fully saturated rings. The number of nitrogens with one attached hydrogen (secondary N) is 1. The molecule has 1 heterocycles. The van der Waals surface area contributed by atoms with Crippen LogP contribution in [0.1, 0.15) is 13.3 Å². The summed E-state index contributed by atoms with van der Waals surface area (Å²) in [6.07, 6.45) is 0.345. The van der Waals surface area contributed by atoms with E-state index in [9.17, 15) is 9.18 Å². The number of nitrogens with zero attached hydrogens (tertiary/aromatic N) is 1. The Morgan fingerprint density at radius 1 is 1.57 bits per heavy atom. The number of rotatable bonds is 4. The van der Waals surface area contributed by atoms with Crippen LogP contribution in [-0.2, 0) is 4.79 Å².